The first kappa shape index (κ1) is 17.4. The van der Waals surface area contributed by atoms with Gasteiger partial charge in [0.25, 0.3) is 0 Å². The third-order valence-corrected chi connectivity index (χ3v) is 3.65. The highest BCUT2D eigenvalue weighted by atomic mass is 32.2. The SMILES string of the molecule is CCN(CCCC#Cc1cccc(C(=O)OC)c1)S(=O)[O-]. The molecule has 0 aliphatic rings. The summed E-state index contributed by atoms with van der Waals surface area (Å²) in [7, 11) is 1.33. The van der Waals surface area contributed by atoms with Crippen LogP contribution in [-0.4, -0.2) is 39.2 Å². The average Bonchev–Trinajstić information content (AvgIpc) is 2.50. The van der Waals surface area contributed by atoms with Crippen LogP contribution in [0, 0.1) is 11.8 Å². The van der Waals surface area contributed by atoms with E-state index in [1.807, 2.05) is 6.07 Å². The van der Waals surface area contributed by atoms with Crippen molar-refractivity contribution in [3.63, 3.8) is 0 Å². The molecule has 6 heteroatoms. The van der Waals surface area contributed by atoms with Crippen LogP contribution < -0.4 is 0 Å². The second kappa shape index (κ2) is 9.29. The maximum Gasteiger partial charge on any atom is 0.337 e. The minimum Gasteiger partial charge on any atom is -0.760 e. The molecule has 5 nitrogen and oxygen atoms in total. The first-order chi connectivity index (χ1) is 10.1. The molecule has 0 heterocycles. The van der Waals surface area contributed by atoms with Crippen molar-refractivity contribution in [2.75, 3.05) is 20.2 Å². The van der Waals surface area contributed by atoms with Crippen molar-refractivity contribution in [3.8, 4) is 11.8 Å². The molecule has 1 unspecified atom stereocenters. The van der Waals surface area contributed by atoms with Gasteiger partial charge in [0, 0.05) is 36.3 Å². The quantitative estimate of drug-likeness (QED) is 0.347. The maximum absolute atomic E-state index is 11.4. The molecule has 0 radical (unpaired) electrons. The standard InChI is InChI=1S/C15H19NO4S/c1-3-16(21(18)19)11-6-4-5-8-13-9-7-10-14(12-13)15(17)20-2/h7,9-10,12H,3-4,6,11H2,1-2H3,(H,18,19)/p-1. The fourth-order valence-electron chi connectivity index (χ4n) is 1.69. The summed E-state index contributed by atoms with van der Waals surface area (Å²) in [4.78, 5) is 11.4. The minimum atomic E-state index is -2.17. The van der Waals surface area contributed by atoms with Crippen LogP contribution >= 0.6 is 0 Å². The summed E-state index contributed by atoms with van der Waals surface area (Å²) in [5.41, 5.74) is 1.20. The van der Waals surface area contributed by atoms with Crippen LogP contribution in [0.3, 0.4) is 0 Å². The number of carbonyl (C=O) groups is 1. The average molecular weight is 308 g/mol. The van der Waals surface area contributed by atoms with E-state index in [0.717, 1.165) is 5.56 Å². The molecule has 0 spiro atoms. The van der Waals surface area contributed by atoms with Gasteiger partial charge in [-0.05, 0) is 24.6 Å². The Hall–Kier alpha value is -1.68. The number of benzene rings is 1. The molecule has 1 atom stereocenters. The van der Waals surface area contributed by atoms with Gasteiger partial charge in [-0.2, -0.15) is 0 Å². The molecule has 0 aliphatic carbocycles. The van der Waals surface area contributed by atoms with Crippen molar-refractivity contribution in [2.24, 2.45) is 0 Å². The van der Waals surface area contributed by atoms with E-state index in [9.17, 15) is 13.6 Å². The van der Waals surface area contributed by atoms with E-state index in [0.29, 0.717) is 31.5 Å². The number of carbonyl (C=O) groups excluding carboxylic acids is 1. The molecular weight excluding hydrogens is 290 g/mol. The van der Waals surface area contributed by atoms with Gasteiger partial charge in [-0.3, -0.25) is 4.21 Å². The van der Waals surface area contributed by atoms with Gasteiger partial charge in [0.15, 0.2) is 0 Å². The lowest BCUT2D eigenvalue weighted by atomic mass is 10.1. The first-order valence-electron chi connectivity index (χ1n) is 6.60. The van der Waals surface area contributed by atoms with E-state index >= 15 is 0 Å². The van der Waals surface area contributed by atoms with Crippen molar-refractivity contribution >= 4 is 17.2 Å². The summed E-state index contributed by atoms with van der Waals surface area (Å²) in [6.45, 7) is 2.72. The molecule has 0 amide bonds. The van der Waals surface area contributed by atoms with E-state index in [2.05, 4.69) is 16.6 Å². The van der Waals surface area contributed by atoms with Crippen LogP contribution in [0.15, 0.2) is 24.3 Å². The topological polar surface area (TPSA) is 69.7 Å². The third kappa shape index (κ3) is 6.08. The van der Waals surface area contributed by atoms with E-state index in [4.69, 9.17) is 0 Å². The zero-order valence-corrected chi connectivity index (χ0v) is 12.9. The zero-order valence-electron chi connectivity index (χ0n) is 12.1. The Labute approximate surface area is 127 Å². The van der Waals surface area contributed by atoms with Crippen molar-refractivity contribution < 1.29 is 18.3 Å². The normalized spacial score (nSPS) is 11.6. The smallest absolute Gasteiger partial charge is 0.337 e. The van der Waals surface area contributed by atoms with E-state index in [1.165, 1.54) is 11.4 Å². The fourth-order valence-corrected chi connectivity index (χ4v) is 2.18. The third-order valence-electron chi connectivity index (χ3n) is 2.79. The molecule has 0 bridgehead atoms. The highest BCUT2D eigenvalue weighted by molar-refractivity contribution is 7.76. The minimum absolute atomic E-state index is 0.393. The van der Waals surface area contributed by atoms with Crippen molar-refractivity contribution in [3.05, 3.63) is 35.4 Å². The van der Waals surface area contributed by atoms with E-state index in [1.54, 1.807) is 25.1 Å². The predicted octanol–water partition coefficient (Wildman–Crippen LogP) is 1.72. The fraction of sp³-hybridized carbons (Fsp3) is 0.400. The lowest BCUT2D eigenvalue weighted by Crippen LogP contribution is -2.26. The molecule has 1 rings (SSSR count). The summed E-state index contributed by atoms with van der Waals surface area (Å²) in [5, 5.41) is 0. The Morgan fingerprint density at radius 2 is 2.24 bits per heavy atom. The molecule has 0 aliphatic heterocycles. The van der Waals surface area contributed by atoms with Crippen LogP contribution in [0.2, 0.25) is 0 Å². The van der Waals surface area contributed by atoms with Gasteiger partial charge < -0.3 is 9.29 Å². The molecule has 21 heavy (non-hydrogen) atoms. The first-order valence-corrected chi connectivity index (χ1v) is 7.63. The van der Waals surface area contributed by atoms with Crippen LogP contribution in [0.5, 0.6) is 0 Å². The molecule has 0 N–H and O–H groups in total. The van der Waals surface area contributed by atoms with Gasteiger partial charge in [0.2, 0.25) is 0 Å². The number of hydrogen-bond acceptors (Lipinski definition) is 4. The van der Waals surface area contributed by atoms with Crippen molar-refractivity contribution in [1.29, 1.82) is 0 Å². The molecule has 0 aromatic heterocycles. The van der Waals surface area contributed by atoms with E-state index < -0.39 is 17.2 Å². The Morgan fingerprint density at radius 3 is 2.86 bits per heavy atom. The molecule has 114 valence electrons. The maximum atomic E-state index is 11.4. The van der Waals surface area contributed by atoms with Crippen LogP contribution in [0.4, 0.5) is 0 Å². The van der Waals surface area contributed by atoms with E-state index in [-0.39, 0.29) is 0 Å². The summed E-state index contributed by atoms with van der Waals surface area (Å²) < 4.78 is 27.6. The Kier molecular flexibility index (Phi) is 7.69. The lowest BCUT2D eigenvalue weighted by Gasteiger charge is -2.21. The molecule has 0 saturated heterocycles. The lowest BCUT2D eigenvalue weighted by molar-refractivity contribution is 0.0600. The summed E-state index contributed by atoms with van der Waals surface area (Å²) in [6, 6.07) is 6.89. The Balaban J connectivity index is 2.52. The van der Waals surface area contributed by atoms with Crippen molar-refractivity contribution in [2.45, 2.75) is 19.8 Å². The monoisotopic (exact) mass is 308 g/mol. The van der Waals surface area contributed by atoms with Gasteiger partial charge in [0.1, 0.15) is 0 Å². The molecule has 0 fully saturated rings. The number of unbranched alkanes of at least 4 members (excludes halogenated alkanes) is 1. The van der Waals surface area contributed by atoms with Crippen LogP contribution in [0.1, 0.15) is 35.7 Å². The predicted molar refractivity (Wildman–Crippen MR) is 80.1 cm³/mol. The van der Waals surface area contributed by atoms with Gasteiger partial charge in [-0.1, -0.05) is 24.8 Å². The molecular formula is C15H18NO4S-. The molecule has 0 saturated carbocycles. The largest absolute Gasteiger partial charge is 0.760 e. The highest BCUT2D eigenvalue weighted by Crippen LogP contribution is 2.05. The van der Waals surface area contributed by atoms with Crippen LogP contribution in [-0.2, 0) is 16.0 Å². The molecule has 1 aromatic rings. The number of ether oxygens (including phenoxy) is 1. The van der Waals surface area contributed by atoms with Gasteiger partial charge in [0.05, 0.1) is 12.7 Å². The van der Waals surface area contributed by atoms with Crippen molar-refractivity contribution in [1.82, 2.24) is 4.31 Å². The number of esters is 1. The number of hydrogen-bond donors (Lipinski definition) is 0. The second-order valence-electron chi connectivity index (χ2n) is 4.22. The zero-order chi connectivity index (χ0) is 15.7. The van der Waals surface area contributed by atoms with Crippen LogP contribution in [0.25, 0.3) is 0 Å². The summed E-state index contributed by atoms with van der Waals surface area (Å²) in [6.07, 6.45) is 1.27. The second-order valence-corrected chi connectivity index (χ2v) is 5.17. The number of methoxy groups -OCH3 is 1. The molecule has 1 aromatic carbocycles. The summed E-state index contributed by atoms with van der Waals surface area (Å²) in [5.74, 6) is 5.54. The summed E-state index contributed by atoms with van der Waals surface area (Å²) >= 11 is -2.17. The van der Waals surface area contributed by atoms with Gasteiger partial charge >= 0.3 is 5.97 Å². The Morgan fingerprint density at radius 1 is 1.48 bits per heavy atom. The number of rotatable bonds is 6. The Bertz CT molecular complexity index is 562. The number of nitrogens with zero attached hydrogens (tertiary/aromatic N) is 1. The van der Waals surface area contributed by atoms with Gasteiger partial charge in [-0.15, -0.1) is 0 Å². The highest BCUT2D eigenvalue weighted by Gasteiger charge is 2.04. The van der Waals surface area contributed by atoms with Gasteiger partial charge in [-0.25, -0.2) is 9.10 Å².